The number of nitrogens with one attached hydrogen (secondary N) is 1. The molecule has 0 unspecified atom stereocenters. The summed E-state index contributed by atoms with van der Waals surface area (Å²) in [7, 11) is 0. The molecule has 4 rings (SSSR count). The molecule has 0 atom stereocenters. The Morgan fingerprint density at radius 2 is 1.70 bits per heavy atom. The van der Waals surface area contributed by atoms with Crippen molar-refractivity contribution in [1.29, 1.82) is 0 Å². The molecule has 27 heavy (non-hydrogen) atoms. The molecule has 0 aliphatic carbocycles. The largest absolute Gasteiger partial charge is 0.416 e. The minimum Gasteiger partial charge on any atom is -0.338 e. The van der Waals surface area contributed by atoms with Gasteiger partial charge in [-0.05, 0) is 36.4 Å². The fourth-order valence-electron chi connectivity index (χ4n) is 3.19. The van der Waals surface area contributed by atoms with E-state index < -0.39 is 11.7 Å². The second-order valence-corrected chi connectivity index (χ2v) is 6.13. The van der Waals surface area contributed by atoms with E-state index in [1.54, 1.807) is 4.90 Å². The number of rotatable bonds is 2. The molecule has 0 saturated heterocycles. The molecule has 3 aromatic rings. The zero-order chi connectivity index (χ0) is 19.0. The van der Waals surface area contributed by atoms with Gasteiger partial charge in [0.05, 0.1) is 28.7 Å². The maximum Gasteiger partial charge on any atom is 0.416 e. The number of aromatic amines is 1. The SMILES string of the molecule is O=C(c1cn[nH]c1)N1CCN(c2ccc(C(F)(F)F)cc2)c2ccccc21. The third-order valence-corrected chi connectivity index (χ3v) is 4.51. The Bertz CT molecular complexity index is 952. The van der Waals surface area contributed by atoms with Gasteiger partial charge >= 0.3 is 6.18 Å². The van der Waals surface area contributed by atoms with Crippen LogP contribution in [0.5, 0.6) is 0 Å². The van der Waals surface area contributed by atoms with Gasteiger partial charge in [0.25, 0.3) is 5.91 Å². The van der Waals surface area contributed by atoms with Crippen LogP contribution in [-0.4, -0.2) is 29.2 Å². The number of alkyl halides is 3. The Labute approximate surface area is 153 Å². The van der Waals surface area contributed by atoms with Crippen LogP contribution in [0, 0.1) is 0 Å². The molecular weight excluding hydrogens is 357 g/mol. The molecule has 1 aliphatic rings. The predicted octanol–water partition coefficient (Wildman–Crippen LogP) is 4.23. The molecule has 0 bridgehead atoms. The summed E-state index contributed by atoms with van der Waals surface area (Å²) in [5.41, 5.74) is 1.88. The summed E-state index contributed by atoms with van der Waals surface area (Å²) in [5, 5.41) is 6.44. The van der Waals surface area contributed by atoms with Crippen molar-refractivity contribution >= 4 is 23.0 Å². The van der Waals surface area contributed by atoms with Gasteiger partial charge in [0.15, 0.2) is 0 Å². The van der Waals surface area contributed by atoms with Crippen LogP contribution >= 0.6 is 0 Å². The normalized spacial score (nSPS) is 14.2. The van der Waals surface area contributed by atoms with E-state index in [1.165, 1.54) is 24.5 Å². The Kier molecular flexibility index (Phi) is 4.10. The highest BCUT2D eigenvalue weighted by molar-refractivity contribution is 6.08. The number of benzene rings is 2. The van der Waals surface area contributed by atoms with E-state index in [0.29, 0.717) is 30.0 Å². The second kappa shape index (κ2) is 6.46. The number of aromatic nitrogens is 2. The number of halogens is 3. The van der Waals surface area contributed by atoms with Gasteiger partial charge in [0.1, 0.15) is 0 Å². The van der Waals surface area contributed by atoms with Gasteiger partial charge in [-0.2, -0.15) is 18.3 Å². The number of fused-ring (bicyclic) bond motifs is 1. The monoisotopic (exact) mass is 372 g/mol. The minimum atomic E-state index is -4.37. The number of hydrogen-bond donors (Lipinski definition) is 1. The Hall–Kier alpha value is -3.29. The molecule has 0 spiro atoms. The van der Waals surface area contributed by atoms with Gasteiger partial charge in [-0.15, -0.1) is 0 Å². The van der Waals surface area contributed by atoms with E-state index in [-0.39, 0.29) is 5.91 Å². The molecule has 1 N–H and O–H groups in total. The summed E-state index contributed by atoms with van der Waals surface area (Å²) in [6.45, 7) is 0.869. The average molecular weight is 372 g/mol. The fraction of sp³-hybridized carbons (Fsp3) is 0.158. The molecule has 1 aromatic heterocycles. The first-order valence-corrected chi connectivity index (χ1v) is 8.29. The minimum absolute atomic E-state index is 0.178. The molecule has 1 aliphatic heterocycles. The zero-order valence-electron chi connectivity index (χ0n) is 14.1. The summed E-state index contributed by atoms with van der Waals surface area (Å²) in [5.74, 6) is -0.178. The highest BCUT2D eigenvalue weighted by atomic mass is 19.4. The van der Waals surface area contributed by atoms with Crippen molar-refractivity contribution in [1.82, 2.24) is 10.2 Å². The van der Waals surface area contributed by atoms with E-state index in [9.17, 15) is 18.0 Å². The van der Waals surface area contributed by atoms with Crippen LogP contribution in [0.3, 0.4) is 0 Å². The Morgan fingerprint density at radius 1 is 1.00 bits per heavy atom. The third-order valence-electron chi connectivity index (χ3n) is 4.51. The van der Waals surface area contributed by atoms with Crippen molar-refractivity contribution in [2.24, 2.45) is 0 Å². The van der Waals surface area contributed by atoms with Gasteiger partial charge in [0.2, 0.25) is 0 Å². The fourth-order valence-corrected chi connectivity index (χ4v) is 3.19. The van der Waals surface area contributed by atoms with Crippen LogP contribution in [0.2, 0.25) is 0 Å². The molecule has 2 aromatic carbocycles. The van der Waals surface area contributed by atoms with Crippen LogP contribution < -0.4 is 9.80 Å². The molecule has 2 heterocycles. The summed E-state index contributed by atoms with van der Waals surface area (Å²) >= 11 is 0. The number of carbonyl (C=O) groups excluding carboxylic acids is 1. The zero-order valence-corrected chi connectivity index (χ0v) is 14.1. The number of H-pyrrole nitrogens is 1. The number of nitrogens with zero attached hydrogens (tertiary/aromatic N) is 3. The van der Waals surface area contributed by atoms with E-state index in [1.807, 2.05) is 29.2 Å². The molecular formula is C19H15F3N4O. The molecule has 0 fully saturated rings. The van der Waals surface area contributed by atoms with Crippen molar-refractivity contribution in [3.05, 3.63) is 72.1 Å². The van der Waals surface area contributed by atoms with Crippen molar-refractivity contribution in [3.8, 4) is 0 Å². The first-order valence-electron chi connectivity index (χ1n) is 8.29. The molecule has 1 amide bonds. The van der Waals surface area contributed by atoms with Crippen LogP contribution in [0.25, 0.3) is 0 Å². The van der Waals surface area contributed by atoms with E-state index in [2.05, 4.69) is 10.2 Å². The highest BCUT2D eigenvalue weighted by Gasteiger charge is 2.31. The van der Waals surface area contributed by atoms with Gasteiger partial charge in [-0.3, -0.25) is 9.89 Å². The lowest BCUT2D eigenvalue weighted by Crippen LogP contribution is -2.42. The van der Waals surface area contributed by atoms with Crippen molar-refractivity contribution < 1.29 is 18.0 Å². The van der Waals surface area contributed by atoms with E-state index in [0.717, 1.165) is 17.8 Å². The van der Waals surface area contributed by atoms with Crippen molar-refractivity contribution in [3.63, 3.8) is 0 Å². The number of para-hydroxylation sites is 2. The van der Waals surface area contributed by atoms with Crippen molar-refractivity contribution in [2.45, 2.75) is 6.18 Å². The standard InChI is InChI=1S/C19H15F3N4O/c20-19(21,22)14-5-7-15(8-6-14)25-9-10-26(17-4-2-1-3-16(17)25)18(27)13-11-23-24-12-13/h1-8,11-12H,9-10H2,(H,23,24). The lowest BCUT2D eigenvalue weighted by Gasteiger charge is -2.37. The topological polar surface area (TPSA) is 52.2 Å². The molecule has 5 nitrogen and oxygen atoms in total. The van der Waals surface area contributed by atoms with Gasteiger partial charge in [-0.1, -0.05) is 12.1 Å². The van der Waals surface area contributed by atoms with Crippen molar-refractivity contribution in [2.75, 3.05) is 22.9 Å². The first-order chi connectivity index (χ1) is 12.9. The van der Waals surface area contributed by atoms with Gasteiger partial charge in [0, 0.05) is 25.0 Å². The van der Waals surface area contributed by atoms with Crippen LogP contribution in [0.4, 0.5) is 30.2 Å². The highest BCUT2D eigenvalue weighted by Crippen LogP contribution is 2.39. The summed E-state index contributed by atoms with van der Waals surface area (Å²) < 4.78 is 38.4. The lowest BCUT2D eigenvalue weighted by atomic mass is 10.1. The summed E-state index contributed by atoms with van der Waals surface area (Å²) in [4.78, 5) is 16.3. The van der Waals surface area contributed by atoms with E-state index >= 15 is 0 Å². The quantitative estimate of drug-likeness (QED) is 0.733. The number of hydrogen-bond acceptors (Lipinski definition) is 3. The number of carbonyl (C=O) groups is 1. The average Bonchev–Trinajstić information content (AvgIpc) is 3.21. The summed E-state index contributed by atoms with van der Waals surface area (Å²) in [6, 6.07) is 12.4. The van der Waals surface area contributed by atoms with Crippen LogP contribution in [0.1, 0.15) is 15.9 Å². The summed E-state index contributed by atoms with van der Waals surface area (Å²) in [6.07, 6.45) is -1.37. The van der Waals surface area contributed by atoms with Crippen LogP contribution in [-0.2, 0) is 6.18 Å². The molecule has 138 valence electrons. The van der Waals surface area contributed by atoms with E-state index in [4.69, 9.17) is 0 Å². The maximum absolute atomic E-state index is 12.8. The predicted molar refractivity (Wildman–Crippen MR) is 95.2 cm³/mol. The third kappa shape index (κ3) is 3.14. The molecule has 0 radical (unpaired) electrons. The maximum atomic E-state index is 12.8. The smallest absolute Gasteiger partial charge is 0.338 e. The van der Waals surface area contributed by atoms with Gasteiger partial charge < -0.3 is 9.80 Å². The second-order valence-electron chi connectivity index (χ2n) is 6.13. The molecule has 0 saturated carbocycles. The lowest BCUT2D eigenvalue weighted by molar-refractivity contribution is -0.137. The molecule has 8 heteroatoms. The number of amides is 1. The first kappa shape index (κ1) is 17.1. The Balaban J connectivity index is 1.68. The number of anilines is 3. The van der Waals surface area contributed by atoms with Gasteiger partial charge in [-0.25, -0.2) is 0 Å². The Morgan fingerprint density at radius 3 is 2.33 bits per heavy atom. The van der Waals surface area contributed by atoms with Crippen LogP contribution in [0.15, 0.2) is 60.9 Å².